The topological polar surface area (TPSA) is 20.3 Å². The SMILES string of the molecule is CN(C)C=CC1=CC(=O)CC(C)(C)C1. The van der Waals surface area contributed by atoms with Crippen molar-refractivity contribution in [2.45, 2.75) is 26.7 Å². The van der Waals surface area contributed by atoms with Gasteiger partial charge in [-0.15, -0.1) is 0 Å². The van der Waals surface area contributed by atoms with Crippen LogP contribution in [0, 0.1) is 5.41 Å². The van der Waals surface area contributed by atoms with E-state index in [9.17, 15) is 4.79 Å². The molecule has 0 radical (unpaired) electrons. The summed E-state index contributed by atoms with van der Waals surface area (Å²) in [7, 11) is 3.96. The molecule has 78 valence electrons. The lowest BCUT2D eigenvalue weighted by molar-refractivity contribution is -0.116. The third-order valence-electron chi connectivity index (χ3n) is 2.27. The first-order chi connectivity index (χ1) is 6.39. The Morgan fingerprint density at radius 2 is 2.00 bits per heavy atom. The lowest BCUT2D eigenvalue weighted by Crippen LogP contribution is -2.21. The first kappa shape index (κ1) is 11.0. The molecule has 0 unspecified atom stereocenters. The Labute approximate surface area is 86.3 Å². The van der Waals surface area contributed by atoms with Gasteiger partial charge in [-0.1, -0.05) is 13.8 Å². The number of carbonyl (C=O) groups excluding carboxylic acids is 1. The van der Waals surface area contributed by atoms with Gasteiger partial charge in [0.05, 0.1) is 0 Å². The van der Waals surface area contributed by atoms with Crippen molar-refractivity contribution in [2.24, 2.45) is 5.41 Å². The fourth-order valence-corrected chi connectivity index (χ4v) is 1.75. The Bertz CT molecular complexity index is 285. The fourth-order valence-electron chi connectivity index (χ4n) is 1.75. The van der Waals surface area contributed by atoms with E-state index in [1.54, 1.807) is 6.08 Å². The summed E-state index contributed by atoms with van der Waals surface area (Å²) in [4.78, 5) is 13.4. The second-order valence-electron chi connectivity index (χ2n) is 4.98. The predicted molar refractivity (Wildman–Crippen MR) is 58.9 cm³/mol. The molecule has 0 fully saturated rings. The second kappa shape index (κ2) is 3.99. The lowest BCUT2D eigenvalue weighted by atomic mass is 9.77. The normalized spacial score (nSPS) is 21.1. The Morgan fingerprint density at radius 3 is 2.50 bits per heavy atom. The van der Waals surface area contributed by atoms with Gasteiger partial charge in [-0.2, -0.15) is 0 Å². The van der Waals surface area contributed by atoms with Crippen molar-refractivity contribution in [3.63, 3.8) is 0 Å². The highest BCUT2D eigenvalue weighted by Crippen LogP contribution is 2.33. The van der Waals surface area contributed by atoms with Gasteiger partial charge in [0.15, 0.2) is 5.78 Å². The highest BCUT2D eigenvalue weighted by molar-refractivity contribution is 5.92. The molecule has 0 aromatic rings. The largest absolute Gasteiger partial charge is 0.383 e. The summed E-state index contributed by atoms with van der Waals surface area (Å²) in [6.07, 6.45) is 7.44. The monoisotopic (exact) mass is 193 g/mol. The van der Waals surface area contributed by atoms with E-state index in [1.807, 2.05) is 31.3 Å². The fraction of sp³-hybridized carbons (Fsp3) is 0.583. The van der Waals surface area contributed by atoms with Crippen molar-refractivity contribution in [1.29, 1.82) is 0 Å². The predicted octanol–water partition coefficient (Wildman–Crippen LogP) is 2.38. The van der Waals surface area contributed by atoms with Crippen LogP contribution in [0.5, 0.6) is 0 Å². The molecule has 0 aromatic heterocycles. The molecule has 0 amide bonds. The van der Waals surface area contributed by atoms with E-state index in [0.29, 0.717) is 6.42 Å². The van der Waals surface area contributed by atoms with Crippen LogP contribution in [-0.2, 0) is 4.79 Å². The lowest BCUT2D eigenvalue weighted by Gasteiger charge is -2.27. The van der Waals surface area contributed by atoms with Crippen LogP contribution < -0.4 is 0 Å². The highest BCUT2D eigenvalue weighted by atomic mass is 16.1. The number of allylic oxidation sites excluding steroid dienone is 3. The van der Waals surface area contributed by atoms with Crippen LogP contribution in [0.2, 0.25) is 0 Å². The van der Waals surface area contributed by atoms with Crippen molar-refractivity contribution < 1.29 is 4.79 Å². The minimum absolute atomic E-state index is 0.123. The molecule has 0 aromatic carbocycles. The van der Waals surface area contributed by atoms with Gasteiger partial charge in [0, 0.05) is 20.5 Å². The van der Waals surface area contributed by atoms with Gasteiger partial charge in [0.1, 0.15) is 0 Å². The molecule has 0 bridgehead atoms. The average Bonchev–Trinajstić information content (AvgIpc) is 1.96. The van der Waals surface area contributed by atoms with Gasteiger partial charge in [0.25, 0.3) is 0 Å². The number of hydrogen-bond donors (Lipinski definition) is 0. The maximum absolute atomic E-state index is 11.4. The van der Waals surface area contributed by atoms with E-state index in [-0.39, 0.29) is 11.2 Å². The summed E-state index contributed by atoms with van der Waals surface area (Å²) in [6, 6.07) is 0. The van der Waals surface area contributed by atoms with Crippen LogP contribution in [0.3, 0.4) is 0 Å². The number of hydrogen-bond acceptors (Lipinski definition) is 2. The van der Waals surface area contributed by atoms with Gasteiger partial charge < -0.3 is 4.90 Å². The van der Waals surface area contributed by atoms with E-state index in [0.717, 1.165) is 12.0 Å². The molecule has 1 aliphatic rings. The van der Waals surface area contributed by atoms with E-state index < -0.39 is 0 Å². The molecule has 0 N–H and O–H groups in total. The van der Waals surface area contributed by atoms with Crippen molar-refractivity contribution in [3.8, 4) is 0 Å². The molecular weight excluding hydrogens is 174 g/mol. The Morgan fingerprint density at radius 1 is 1.36 bits per heavy atom. The molecule has 2 nitrogen and oxygen atoms in total. The standard InChI is InChI=1S/C12H19NO/c1-12(2)8-10(5-6-13(3)4)7-11(14)9-12/h5-7H,8-9H2,1-4H3. The summed E-state index contributed by atoms with van der Waals surface area (Å²) in [5.41, 5.74) is 1.26. The van der Waals surface area contributed by atoms with Crippen molar-refractivity contribution in [3.05, 3.63) is 23.9 Å². The molecule has 0 spiro atoms. The molecule has 1 rings (SSSR count). The summed E-state index contributed by atoms with van der Waals surface area (Å²) in [6.45, 7) is 4.28. The first-order valence-electron chi connectivity index (χ1n) is 4.97. The third kappa shape index (κ3) is 3.36. The zero-order valence-electron chi connectivity index (χ0n) is 9.50. The number of nitrogens with zero attached hydrogens (tertiary/aromatic N) is 1. The van der Waals surface area contributed by atoms with Gasteiger partial charge in [-0.05, 0) is 35.8 Å². The molecule has 0 atom stereocenters. The maximum atomic E-state index is 11.4. The van der Waals surface area contributed by atoms with Crippen molar-refractivity contribution in [2.75, 3.05) is 14.1 Å². The maximum Gasteiger partial charge on any atom is 0.156 e. The van der Waals surface area contributed by atoms with Crippen LogP contribution in [0.4, 0.5) is 0 Å². The molecule has 1 aliphatic carbocycles. The van der Waals surface area contributed by atoms with Crippen molar-refractivity contribution in [1.82, 2.24) is 4.90 Å². The van der Waals surface area contributed by atoms with Gasteiger partial charge in [-0.3, -0.25) is 4.79 Å². The third-order valence-corrected chi connectivity index (χ3v) is 2.27. The second-order valence-corrected chi connectivity index (χ2v) is 4.98. The van der Waals surface area contributed by atoms with E-state index in [1.165, 1.54) is 0 Å². The minimum Gasteiger partial charge on any atom is -0.383 e. The minimum atomic E-state index is 0.123. The van der Waals surface area contributed by atoms with Crippen molar-refractivity contribution >= 4 is 5.78 Å². The van der Waals surface area contributed by atoms with E-state index in [4.69, 9.17) is 0 Å². The van der Waals surface area contributed by atoms with Gasteiger partial charge in [-0.25, -0.2) is 0 Å². The Kier molecular flexibility index (Phi) is 3.14. The Hall–Kier alpha value is -1.05. The zero-order valence-corrected chi connectivity index (χ0v) is 9.50. The molecule has 2 heteroatoms. The quantitative estimate of drug-likeness (QED) is 0.671. The first-order valence-corrected chi connectivity index (χ1v) is 4.97. The summed E-state index contributed by atoms with van der Waals surface area (Å²) in [5, 5.41) is 0. The molecular formula is C12H19NO. The smallest absolute Gasteiger partial charge is 0.156 e. The molecule has 0 aliphatic heterocycles. The van der Waals surface area contributed by atoms with Gasteiger partial charge >= 0.3 is 0 Å². The summed E-state index contributed by atoms with van der Waals surface area (Å²) >= 11 is 0. The Balaban J connectivity index is 2.75. The van der Waals surface area contributed by atoms with Crippen LogP contribution >= 0.6 is 0 Å². The molecule has 14 heavy (non-hydrogen) atoms. The van der Waals surface area contributed by atoms with Crippen LogP contribution in [-0.4, -0.2) is 24.8 Å². The van der Waals surface area contributed by atoms with Crippen LogP contribution in [0.1, 0.15) is 26.7 Å². The molecule has 0 heterocycles. The summed E-state index contributed by atoms with van der Waals surface area (Å²) < 4.78 is 0. The van der Waals surface area contributed by atoms with Crippen LogP contribution in [0.25, 0.3) is 0 Å². The van der Waals surface area contributed by atoms with E-state index >= 15 is 0 Å². The van der Waals surface area contributed by atoms with E-state index in [2.05, 4.69) is 13.8 Å². The zero-order chi connectivity index (χ0) is 10.8. The van der Waals surface area contributed by atoms with Gasteiger partial charge in [0.2, 0.25) is 0 Å². The number of ketones is 1. The molecule has 0 saturated carbocycles. The number of carbonyl (C=O) groups is 1. The number of rotatable bonds is 2. The highest BCUT2D eigenvalue weighted by Gasteiger charge is 2.26. The van der Waals surface area contributed by atoms with Crippen LogP contribution in [0.15, 0.2) is 23.9 Å². The molecule has 0 saturated heterocycles. The average molecular weight is 193 g/mol. The summed E-state index contributed by atoms with van der Waals surface area (Å²) in [5.74, 6) is 0.250.